The van der Waals surface area contributed by atoms with Crippen molar-refractivity contribution >= 4 is 17.4 Å². The number of carbonyl (C=O) groups is 2. The fourth-order valence-corrected chi connectivity index (χ4v) is 1.47. The Balaban J connectivity index is 2.37. The summed E-state index contributed by atoms with van der Waals surface area (Å²) in [7, 11) is 0. The first-order chi connectivity index (χ1) is 6.70. The minimum absolute atomic E-state index is 0.174. The number of amides is 1. The van der Waals surface area contributed by atoms with Gasteiger partial charge in [-0.3, -0.25) is 9.59 Å². The summed E-state index contributed by atoms with van der Waals surface area (Å²) in [6, 6.07) is 5.94. The Morgan fingerprint density at radius 1 is 1.21 bits per heavy atom. The van der Waals surface area contributed by atoms with Crippen molar-refractivity contribution in [3.8, 4) is 0 Å². The van der Waals surface area contributed by atoms with E-state index in [1.807, 2.05) is 0 Å². The maximum absolute atomic E-state index is 13.2. The van der Waals surface area contributed by atoms with E-state index < -0.39 is 17.5 Å². The van der Waals surface area contributed by atoms with Gasteiger partial charge in [-0.1, -0.05) is 12.1 Å². The molecule has 4 heteroatoms. The van der Waals surface area contributed by atoms with Crippen molar-refractivity contribution in [2.75, 3.05) is 11.4 Å². The summed E-state index contributed by atoms with van der Waals surface area (Å²) >= 11 is 0. The molecule has 0 N–H and O–H groups in total. The molecule has 1 aromatic carbocycles. The second-order valence-corrected chi connectivity index (χ2v) is 3.08. The van der Waals surface area contributed by atoms with Gasteiger partial charge in [0.15, 0.2) is 0 Å². The highest BCUT2D eigenvalue weighted by Gasteiger charge is 2.31. The predicted molar refractivity (Wildman–Crippen MR) is 48.4 cm³/mol. The first kappa shape index (κ1) is 8.87. The highest BCUT2D eigenvalue weighted by Crippen LogP contribution is 2.22. The number of carbonyl (C=O) groups excluding carboxylic acids is 2. The quantitative estimate of drug-likeness (QED) is 0.627. The minimum Gasteiger partial charge on any atom is -0.303 e. The Labute approximate surface area is 80.1 Å². The van der Waals surface area contributed by atoms with Crippen LogP contribution in [0.1, 0.15) is 6.42 Å². The molecule has 1 aromatic rings. The molecule has 1 saturated heterocycles. The summed E-state index contributed by atoms with van der Waals surface area (Å²) < 4.78 is 13.2. The molecule has 1 aliphatic heterocycles. The summed E-state index contributed by atoms with van der Waals surface area (Å²) in [5.41, 5.74) is 0.184. The molecule has 0 spiro atoms. The fourth-order valence-electron chi connectivity index (χ4n) is 1.47. The van der Waals surface area contributed by atoms with Crippen LogP contribution in [-0.4, -0.2) is 18.2 Å². The molecule has 0 saturated carbocycles. The number of anilines is 1. The van der Waals surface area contributed by atoms with E-state index in [2.05, 4.69) is 0 Å². The van der Waals surface area contributed by atoms with E-state index in [9.17, 15) is 14.0 Å². The number of benzene rings is 1. The third-order valence-corrected chi connectivity index (χ3v) is 2.19. The molecule has 2 rings (SSSR count). The summed E-state index contributed by atoms with van der Waals surface area (Å²) in [4.78, 5) is 23.4. The average Bonchev–Trinajstić information content (AvgIpc) is 2.49. The molecular weight excluding hydrogens is 185 g/mol. The molecule has 0 atom stereocenters. The van der Waals surface area contributed by atoms with Crippen molar-refractivity contribution in [3.63, 3.8) is 0 Å². The summed E-state index contributed by atoms with van der Waals surface area (Å²) in [6.45, 7) is 0.276. The molecular formula is C10H8FNO2. The van der Waals surface area contributed by atoms with E-state index in [0.717, 1.165) is 0 Å². The van der Waals surface area contributed by atoms with Crippen LogP contribution in [0.15, 0.2) is 24.3 Å². The molecule has 0 radical (unpaired) electrons. The van der Waals surface area contributed by atoms with E-state index in [4.69, 9.17) is 0 Å². The molecule has 0 aliphatic carbocycles. The van der Waals surface area contributed by atoms with Crippen LogP contribution in [0.4, 0.5) is 10.1 Å². The first-order valence-electron chi connectivity index (χ1n) is 4.29. The topological polar surface area (TPSA) is 37.4 Å². The maximum atomic E-state index is 13.2. The molecule has 1 aliphatic rings. The van der Waals surface area contributed by atoms with Crippen LogP contribution in [0.25, 0.3) is 0 Å². The molecule has 14 heavy (non-hydrogen) atoms. The molecule has 72 valence electrons. The van der Waals surface area contributed by atoms with Crippen molar-refractivity contribution in [2.45, 2.75) is 6.42 Å². The average molecular weight is 193 g/mol. The molecule has 1 heterocycles. The normalized spacial score (nSPS) is 16.5. The lowest BCUT2D eigenvalue weighted by molar-refractivity contribution is -0.133. The van der Waals surface area contributed by atoms with Gasteiger partial charge in [0.2, 0.25) is 5.78 Å². The van der Waals surface area contributed by atoms with Crippen LogP contribution >= 0.6 is 0 Å². The standard InChI is InChI=1S/C10H8FNO2/c11-7-3-1-2-4-8(7)12-6-5-9(13)10(12)14/h1-4H,5-6H2. The van der Waals surface area contributed by atoms with Gasteiger partial charge in [0, 0.05) is 13.0 Å². The van der Waals surface area contributed by atoms with E-state index in [1.165, 1.54) is 17.0 Å². The highest BCUT2D eigenvalue weighted by atomic mass is 19.1. The third kappa shape index (κ3) is 1.28. The van der Waals surface area contributed by atoms with Crippen LogP contribution < -0.4 is 4.90 Å². The number of hydrogen-bond acceptors (Lipinski definition) is 2. The number of hydrogen-bond donors (Lipinski definition) is 0. The third-order valence-electron chi connectivity index (χ3n) is 2.19. The van der Waals surface area contributed by atoms with E-state index in [-0.39, 0.29) is 18.7 Å². The highest BCUT2D eigenvalue weighted by molar-refractivity contribution is 6.43. The Morgan fingerprint density at radius 3 is 2.50 bits per heavy atom. The van der Waals surface area contributed by atoms with Gasteiger partial charge in [0.25, 0.3) is 5.91 Å². The van der Waals surface area contributed by atoms with Crippen molar-refractivity contribution < 1.29 is 14.0 Å². The zero-order valence-electron chi connectivity index (χ0n) is 7.37. The van der Waals surface area contributed by atoms with Crippen molar-refractivity contribution in [1.29, 1.82) is 0 Å². The smallest absolute Gasteiger partial charge is 0.294 e. The summed E-state index contributed by atoms with van der Waals surface area (Å²) in [5, 5.41) is 0. The monoisotopic (exact) mass is 193 g/mol. The zero-order chi connectivity index (χ0) is 10.1. The van der Waals surface area contributed by atoms with Gasteiger partial charge in [-0.15, -0.1) is 0 Å². The number of halogens is 1. The van der Waals surface area contributed by atoms with Crippen LogP contribution in [-0.2, 0) is 9.59 Å². The molecule has 3 nitrogen and oxygen atoms in total. The maximum Gasteiger partial charge on any atom is 0.294 e. The van der Waals surface area contributed by atoms with Crippen LogP contribution in [0.5, 0.6) is 0 Å². The number of Topliss-reactive ketones (excluding diaryl/α,β-unsaturated/α-hetero) is 1. The van der Waals surface area contributed by atoms with Gasteiger partial charge < -0.3 is 4.90 Å². The Hall–Kier alpha value is -1.71. The van der Waals surface area contributed by atoms with Crippen molar-refractivity contribution in [3.05, 3.63) is 30.1 Å². The Kier molecular flexibility index (Phi) is 2.04. The SMILES string of the molecule is O=C1CCN(c2ccccc2F)C1=O. The Bertz CT molecular complexity index is 403. The van der Waals surface area contributed by atoms with E-state index in [0.29, 0.717) is 0 Å². The predicted octanol–water partition coefficient (Wildman–Crippen LogP) is 1.13. The van der Waals surface area contributed by atoms with Gasteiger partial charge in [0.1, 0.15) is 5.82 Å². The molecule has 1 fully saturated rings. The fraction of sp³-hybridized carbons (Fsp3) is 0.200. The first-order valence-corrected chi connectivity index (χ1v) is 4.29. The number of ketones is 1. The number of rotatable bonds is 1. The Morgan fingerprint density at radius 2 is 1.93 bits per heavy atom. The second-order valence-electron chi connectivity index (χ2n) is 3.08. The van der Waals surface area contributed by atoms with Crippen molar-refractivity contribution in [2.24, 2.45) is 0 Å². The van der Waals surface area contributed by atoms with Crippen LogP contribution in [0, 0.1) is 5.82 Å². The largest absolute Gasteiger partial charge is 0.303 e. The number of nitrogens with zero attached hydrogens (tertiary/aromatic N) is 1. The van der Waals surface area contributed by atoms with Gasteiger partial charge in [0.05, 0.1) is 5.69 Å². The van der Waals surface area contributed by atoms with Crippen LogP contribution in [0.2, 0.25) is 0 Å². The second kappa shape index (κ2) is 3.21. The summed E-state index contributed by atoms with van der Waals surface area (Å²) in [6.07, 6.45) is 0.174. The summed E-state index contributed by atoms with van der Waals surface area (Å²) in [5.74, 6) is -1.54. The minimum atomic E-state index is -0.616. The molecule has 0 unspecified atom stereocenters. The lowest BCUT2D eigenvalue weighted by Crippen LogP contribution is -2.27. The van der Waals surface area contributed by atoms with Gasteiger partial charge in [-0.2, -0.15) is 0 Å². The lowest BCUT2D eigenvalue weighted by Gasteiger charge is -2.14. The molecule has 0 aromatic heterocycles. The van der Waals surface area contributed by atoms with Gasteiger partial charge in [-0.25, -0.2) is 4.39 Å². The van der Waals surface area contributed by atoms with Crippen molar-refractivity contribution in [1.82, 2.24) is 0 Å². The van der Waals surface area contributed by atoms with Gasteiger partial charge in [-0.05, 0) is 12.1 Å². The van der Waals surface area contributed by atoms with Crippen LogP contribution in [0.3, 0.4) is 0 Å². The van der Waals surface area contributed by atoms with E-state index in [1.54, 1.807) is 12.1 Å². The van der Waals surface area contributed by atoms with Gasteiger partial charge >= 0.3 is 0 Å². The zero-order valence-corrected chi connectivity index (χ0v) is 7.37. The van der Waals surface area contributed by atoms with E-state index >= 15 is 0 Å². The molecule has 0 bridgehead atoms. The molecule has 1 amide bonds. The lowest BCUT2D eigenvalue weighted by atomic mass is 10.3. The number of para-hydroxylation sites is 1.